The van der Waals surface area contributed by atoms with Crippen molar-refractivity contribution in [3.05, 3.63) is 23.5 Å². The molecule has 0 unspecified atom stereocenters. The first-order valence-corrected chi connectivity index (χ1v) is 6.41. The number of nitrogens with zero attached hydrogens (tertiary/aromatic N) is 1. The minimum absolute atomic E-state index is 0.444. The highest BCUT2D eigenvalue weighted by atomic mass is 19.4. The molecule has 20 heavy (non-hydrogen) atoms. The zero-order valence-electron chi connectivity index (χ0n) is 11.2. The predicted molar refractivity (Wildman–Crippen MR) is 66.3 cm³/mol. The Balaban J connectivity index is 1.85. The minimum Gasteiger partial charge on any atom is -0.466 e. The Morgan fingerprint density at radius 3 is 2.75 bits per heavy atom. The summed E-state index contributed by atoms with van der Waals surface area (Å²) < 4.78 is 45.4. The van der Waals surface area contributed by atoms with E-state index in [1.54, 1.807) is 12.1 Å². The van der Waals surface area contributed by atoms with Gasteiger partial charge in [0.15, 0.2) is 6.79 Å². The number of aryl methyl sites for hydroxylation is 1. The van der Waals surface area contributed by atoms with Crippen LogP contribution in [-0.4, -0.2) is 30.6 Å². The van der Waals surface area contributed by atoms with Gasteiger partial charge in [-0.3, -0.25) is 4.98 Å². The van der Waals surface area contributed by atoms with Gasteiger partial charge in [-0.15, -0.1) is 0 Å². The van der Waals surface area contributed by atoms with Crippen molar-refractivity contribution < 1.29 is 22.6 Å². The first-order chi connectivity index (χ1) is 9.44. The Kier molecular flexibility index (Phi) is 4.82. The van der Waals surface area contributed by atoms with E-state index >= 15 is 0 Å². The van der Waals surface area contributed by atoms with E-state index in [0.29, 0.717) is 24.0 Å². The summed E-state index contributed by atoms with van der Waals surface area (Å²) in [5.74, 6) is 0.450. The molecule has 1 aliphatic carbocycles. The number of pyridine rings is 1. The summed E-state index contributed by atoms with van der Waals surface area (Å²) in [7, 11) is 0. The quantitative estimate of drug-likeness (QED) is 0.619. The molecule has 0 bridgehead atoms. The number of aromatic nitrogens is 1. The van der Waals surface area contributed by atoms with Crippen molar-refractivity contribution in [3.8, 4) is 5.75 Å². The smallest absolute Gasteiger partial charge is 0.411 e. The zero-order chi connectivity index (χ0) is 14.6. The van der Waals surface area contributed by atoms with Crippen LogP contribution in [-0.2, 0) is 11.3 Å². The molecule has 0 atom stereocenters. The largest absolute Gasteiger partial charge is 0.466 e. The molecule has 1 N–H and O–H groups in total. The molecule has 112 valence electrons. The highest BCUT2D eigenvalue weighted by Crippen LogP contribution is 2.22. The van der Waals surface area contributed by atoms with Crippen LogP contribution in [0.15, 0.2) is 12.1 Å². The van der Waals surface area contributed by atoms with Crippen LogP contribution in [0.5, 0.6) is 5.75 Å². The molecule has 2 rings (SSSR count). The maximum Gasteiger partial charge on any atom is 0.411 e. The van der Waals surface area contributed by atoms with Gasteiger partial charge in [0.2, 0.25) is 0 Å². The molecule has 1 fully saturated rings. The van der Waals surface area contributed by atoms with E-state index in [2.05, 4.69) is 15.0 Å². The highest BCUT2D eigenvalue weighted by molar-refractivity contribution is 5.29. The molecule has 1 aromatic heterocycles. The Morgan fingerprint density at radius 1 is 1.35 bits per heavy atom. The fraction of sp³-hybridized carbons (Fsp3) is 0.615. The standard InChI is InChI=1S/C13H17F3N2O2/c1-9-2-5-12(20-8-19-7-13(14,15)16)11(18-9)6-17-10-3-4-10/h2,5,10,17H,3-4,6-8H2,1H3. The third-order valence-electron chi connectivity index (χ3n) is 2.77. The number of hydrogen-bond donors (Lipinski definition) is 1. The van der Waals surface area contributed by atoms with Gasteiger partial charge in [-0.05, 0) is 31.9 Å². The van der Waals surface area contributed by atoms with Gasteiger partial charge in [0.05, 0.1) is 5.69 Å². The van der Waals surface area contributed by atoms with E-state index in [9.17, 15) is 13.2 Å². The first kappa shape index (κ1) is 15.1. The summed E-state index contributed by atoms with van der Waals surface area (Å²) in [6.45, 7) is 0.633. The van der Waals surface area contributed by atoms with E-state index < -0.39 is 19.6 Å². The van der Waals surface area contributed by atoms with Crippen LogP contribution in [0.1, 0.15) is 24.2 Å². The second-order valence-electron chi connectivity index (χ2n) is 4.78. The van der Waals surface area contributed by atoms with Gasteiger partial charge in [0, 0.05) is 18.3 Å². The maximum atomic E-state index is 11.9. The van der Waals surface area contributed by atoms with Crippen molar-refractivity contribution in [3.63, 3.8) is 0 Å². The second kappa shape index (κ2) is 6.41. The van der Waals surface area contributed by atoms with E-state index in [1.807, 2.05) is 6.92 Å². The molecule has 0 amide bonds. The normalized spacial score (nSPS) is 15.4. The van der Waals surface area contributed by atoms with Crippen molar-refractivity contribution in [1.82, 2.24) is 10.3 Å². The summed E-state index contributed by atoms with van der Waals surface area (Å²) in [6, 6.07) is 3.97. The third-order valence-corrected chi connectivity index (χ3v) is 2.77. The topological polar surface area (TPSA) is 43.4 Å². The van der Waals surface area contributed by atoms with Gasteiger partial charge in [-0.2, -0.15) is 13.2 Å². The molecule has 1 aliphatic rings. The van der Waals surface area contributed by atoms with Crippen LogP contribution in [0, 0.1) is 6.92 Å². The van der Waals surface area contributed by atoms with Crippen molar-refractivity contribution in [1.29, 1.82) is 0 Å². The molecule has 1 heterocycles. The number of rotatable bonds is 7. The average molecular weight is 290 g/mol. The van der Waals surface area contributed by atoms with Crippen LogP contribution in [0.2, 0.25) is 0 Å². The summed E-state index contributed by atoms with van der Waals surface area (Å²) in [5, 5.41) is 3.29. The van der Waals surface area contributed by atoms with Crippen LogP contribution >= 0.6 is 0 Å². The molecular weight excluding hydrogens is 273 g/mol. The number of halogens is 3. The molecule has 0 saturated heterocycles. The average Bonchev–Trinajstić information content (AvgIpc) is 3.16. The number of hydrogen-bond acceptors (Lipinski definition) is 4. The van der Waals surface area contributed by atoms with Gasteiger partial charge < -0.3 is 14.8 Å². The molecule has 7 heteroatoms. The Bertz CT molecular complexity index is 448. The number of nitrogens with one attached hydrogen (secondary N) is 1. The van der Waals surface area contributed by atoms with Crippen LogP contribution in [0.25, 0.3) is 0 Å². The van der Waals surface area contributed by atoms with Crippen LogP contribution in [0.4, 0.5) is 13.2 Å². The first-order valence-electron chi connectivity index (χ1n) is 6.41. The monoisotopic (exact) mass is 290 g/mol. The van der Waals surface area contributed by atoms with Gasteiger partial charge in [-0.1, -0.05) is 0 Å². The molecule has 1 saturated carbocycles. The van der Waals surface area contributed by atoms with Crippen LogP contribution in [0.3, 0.4) is 0 Å². The van der Waals surface area contributed by atoms with E-state index in [0.717, 1.165) is 18.5 Å². The molecule has 0 radical (unpaired) electrons. The number of ether oxygens (including phenoxy) is 2. The number of alkyl halides is 3. The lowest BCUT2D eigenvalue weighted by molar-refractivity contribution is -0.186. The molecule has 0 spiro atoms. The van der Waals surface area contributed by atoms with Crippen molar-refractivity contribution in [2.75, 3.05) is 13.4 Å². The fourth-order valence-electron chi connectivity index (χ4n) is 1.65. The van der Waals surface area contributed by atoms with E-state index in [4.69, 9.17) is 4.74 Å². The van der Waals surface area contributed by atoms with Gasteiger partial charge >= 0.3 is 6.18 Å². The molecule has 4 nitrogen and oxygen atoms in total. The van der Waals surface area contributed by atoms with Gasteiger partial charge in [-0.25, -0.2) is 0 Å². The highest BCUT2D eigenvalue weighted by Gasteiger charge is 2.27. The van der Waals surface area contributed by atoms with Crippen molar-refractivity contribution >= 4 is 0 Å². The molecule has 1 aromatic rings. The second-order valence-corrected chi connectivity index (χ2v) is 4.78. The molecule has 0 aliphatic heterocycles. The molecule has 0 aromatic carbocycles. The lowest BCUT2D eigenvalue weighted by Crippen LogP contribution is -2.20. The fourth-order valence-corrected chi connectivity index (χ4v) is 1.65. The predicted octanol–water partition coefficient (Wildman–Crippen LogP) is 2.56. The lowest BCUT2D eigenvalue weighted by atomic mass is 10.3. The lowest BCUT2D eigenvalue weighted by Gasteiger charge is -2.13. The SMILES string of the molecule is Cc1ccc(OCOCC(F)(F)F)c(CNC2CC2)n1. The summed E-state index contributed by atoms with van der Waals surface area (Å²) in [4.78, 5) is 4.34. The maximum absolute atomic E-state index is 11.9. The summed E-state index contributed by atoms with van der Waals surface area (Å²) >= 11 is 0. The van der Waals surface area contributed by atoms with E-state index in [-0.39, 0.29) is 0 Å². The Hall–Kier alpha value is -1.34. The molecular formula is C13H17F3N2O2. The Morgan fingerprint density at radius 2 is 2.10 bits per heavy atom. The summed E-state index contributed by atoms with van der Waals surface area (Å²) in [6.07, 6.45) is -2.04. The summed E-state index contributed by atoms with van der Waals surface area (Å²) in [5.41, 5.74) is 1.52. The zero-order valence-corrected chi connectivity index (χ0v) is 11.2. The minimum atomic E-state index is -4.34. The van der Waals surface area contributed by atoms with Crippen molar-refractivity contribution in [2.24, 2.45) is 0 Å². The van der Waals surface area contributed by atoms with Gasteiger partial charge in [0.1, 0.15) is 12.4 Å². The van der Waals surface area contributed by atoms with Crippen molar-refractivity contribution in [2.45, 2.75) is 38.5 Å². The third kappa shape index (κ3) is 5.34. The van der Waals surface area contributed by atoms with Crippen LogP contribution < -0.4 is 10.1 Å². The van der Waals surface area contributed by atoms with E-state index in [1.165, 1.54) is 0 Å². The Labute approximate surface area is 115 Å². The van der Waals surface area contributed by atoms with Gasteiger partial charge in [0.25, 0.3) is 0 Å².